The van der Waals surface area contributed by atoms with Crippen LogP contribution in [0.5, 0.6) is 0 Å². The second kappa shape index (κ2) is 3.43. The highest BCUT2D eigenvalue weighted by Crippen LogP contribution is 2.12. The van der Waals surface area contributed by atoms with Crippen LogP contribution in [0.3, 0.4) is 0 Å². The van der Waals surface area contributed by atoms with Gasteiger partial charge in [0.2, 0.25) is 0 Å². The standard InChI is InChI=1S/C8H11N2O3/c11-6-1-3-10(5-6)8-7(12)9-2-4-13-8/h8H,1-5H2. The number of ether oxygens (including phenoxy) is 1. The molecule has 2 heterocycles. The fourth-order valence-corrected chi connectivity index (χ4v) is 1.58. The maximum Gasteiger partial charge on any atom is 0.285 e. The molecule has 2 saturated heterocycles. The van der Waals surface area contributed by atoms with Crippen LogP contribution in [0.2, 0.25) is 0 Å². The van der Waals surface area contributed by atoms with Crippen molar-refractivity contribution in [3.63, 3.8) is 0 Å². The van der Waals surface area contributed by atoms with E-state index < -0.39 is 6.23 Å². The zero-order valence-corrected chi connectivity index (χ0v) is 7.23. The molecule has 1 radical (unpaired) electrons. The zero-order chi connectivity index (χ0) is 9.26. The van der Waals surface area contributed by atoms with Crippen molar-refractivity contribution in [2.45, 2.75) is 12.6 Å². The lowest BCUT2D eigenvalue weighted by molar-refractivity contribution is -0.152. The summed E-state index contributed by atoms with van der Waals surface area (Å²) in [5, 5.41) is 3.76. The summed E-state index contributed by atoms with van der Waals surface area (Å²) >= 11 is 0. The number of amides is 1. The van der Waals surface area contributed by atoms with Crippen molar-refractivity contribution in [1.29, 1.82) is 0 Å². The normalized spacial score (nSPS) is 30.6. The van der Waals surface area contributed by atoms with Gasteiger partial charge in [0.15, 0.2) is 6.23 Å². The number of carbonyl (C=O) groups excluding carboxylic acids is 2. The Bertz CT molecular complexity index is 242. The topological polar surface area (TPSA) is 60.7 Å². The predicted octanol–water partition coefficient (Wildman–Crippen LogP) is -1.25. The van der Waals surface area contributed by atoms with Gasteiger partial charge >= 0.3 is 0 Å². The molecule has 13 heavy (non-hydrogen) atoms. The molecule has 0 aromatic heterocycles. The van der Waals surface area contributed by atoms with Gasteiger partial charge in [0.25, 0.3) is 5.91 Å². The molecule has 1 atom stereocenters. The second-order valence-corrected chi connectivity index (χ2v) is 3.20. The first-order valence-corrected chi connectivity index (χ1v) is 4.36. The van der Waals surface area contributed by atoms with E-state index in [1.165, 1.54) is 0 Å². The highest BCUT2D eigenvalue weighted by atomic mass is 16.5. The van der Waals surface area contributed by atoms with E-state index in [1.54, 1.807) is 4.90 Å². The number of nitrogens with zero attached hydrogens (tertiary/aromatic N) is 2. The molecule has 1 unspecified atom stereocenters. The number of rotatable bonds is 1. The number of hydrogen-bond acceptors (Lipinski definition) is 4. The summed E-state index contributed by atoms with van der Waals surface area (Å²) in [6, 6.07) is 0. The van der Waals surface area contributed by atoms with Gasteiger partial charge in [-0.3, -0.25) is 14.5 Å². The first kappa shape index (κ1) is 8.65. The van der Waals surface area contributed by atoms with Crippen LogP contribution in [0.1, 0.15) is 6.42 Å². The van der Waals surface area contributed by atoms with E-state index in [0.29, 0.717) is 32.7 Å². The minimum absolute atomic E-state index is 0.168. The Morgan fingerprint density at radius 3 is 2.92 bits per heavy atom. The molecule has 2 rings (SSSR count). The number of ketones is 1. The fraction of sp³-hybridized carbons (Fsp3) is 0.750. The summed E-state index contributed by atoms with van der Waals surface area (Å²) in [6.07, 6.45) is -0.0761. The molecular weight excluding hydrogens is 172 g/mol. The van der Waals surface area contributed by atoms with E-state index in [2.05, 4.69) is 5.32 Å². The molecule has 0 aliphatic carbocycles. The highest BCUT2D eigenvalue weighted by Gasteiger charge is 2.34. The van der Waals surface area contributed by atoms with Crippen LogP contribution < -0.4 is 5.32 Å². The van der Waals surface area contributed by atoms with Gasteiger partial charge in [-0.25, -0.2) is 5.32 Å². The summed E-state index contributed by atoms with van der Waals surface area (Å²) in [5.41, 5.74) is 0. The largest absolute Gasteiger partial charge is 0.352 e. The molecule has 5 heteroatoms. The Kier molecular flexibility index (Phi) is 2.28. The Morgan fingerprint density at radius 1 is 1.46 bits per heavy atom. The molecule has 0 spiro atoms. The average molecular weight is 183 g/mol. The van der Waals surface area contributed by atoms with E-state index in [1.807, 2.05) is 0 Å². The van der Waals surface area contributed by atoms with Gasteiger partial charge in [-0.2, -0.15) is 0 Å². The lowest BCUT2D eigenvalue weighted by Gasteiger charge is -2.27. The van der Waals surface area contributed by atoms with Crippen LogP contribution in [0.4, 0.5) is 0 Å². The summed E-state index contributed by atoms with van der Waals surface area (Å²) in [5.74, 6) is -0.0806. The maximum absolute atomic E-state index is 11.2. The van der Waals surface area contributed by atoms with Crippen LogP contribution in [-0.2, 0) is 14.3 Å². The van der Waals surface area contributed by atoms with Gasteiger partial charge in [-0.05, 0) is 0 Å². The monoisotopic (exact) mass is 183 g/mol. The van der Waals surface area contributed by atoms with Crippen molar-refractivity contribution in [1.82, 2.24) is 10.2 Å². The van der Waals surface area contributed by atoms with E-state index in [0.717, 1.165) is 0 Å². The summed E-state index contributed by atoms with van der Waals surface area (Å²) in [6.45, 7) is 1.86. The van der Waals surface area contributed by atoms with Gasteiger partial charge in [0.1, 0.15) is 5.78 Å². The molecule has 0 N–H and O–H groups in total. The first-order chi connectivity index (χ1) is 6.27. The molecule has 0 aromatic rings. The molecule has 0 bridgehead atoms. The van der Waals surface area contributed by atoms with Crippen molar-refractivity contribution in [3.8, 4) is 0 Å². The number of Topliss-reactive ketones (excluding diaryl/α,β-unsaturated/α-hetero) is 1. The van der Waals surface area contributed by atoms with Gasteiger partial charge in [0.05, 0.1) is 19.7 Å². The Hall–Kier alpha value is -0.940. The molecule has 1 amide bonds. The van der Waals surface area contributed by atoms with Crippen LogP contribution in [0.25, 0.3) is 0 Å². The lowest BCUT2D eigenvalue weighted by atomic mass is 10.4. The molecule has 0 aromatic carbocycles. The van der Waals surface area contributed by atoms with Gasteiger partial charge in [0, 0.05) is 13.0 Å². The van der Waals surface area contributed by atoms with Gasteiger partial charge in [-0.15, -0.1) is 0 Å². The van der Waals surface area contributed by atoms with Crippen molar-refractivity contribution < 1.29 is 14.3 Å². The molecule has 0 saturated carbocycles. The summed E-state index contributed by atoms with van der Waals surface area (Å²) in [4.78, 5) is 24.0. The van der Waals surface area contributed by atoms with E-state index in [9.17, 15) is 9.59 Å². The molecular formula is C8H11N2O3. The minimum atomic E-state index is -0.597. The Balaban J connectivity index is 1.98. The Labute approximate surface area is 76.0 Å². The third-order valence-electron chi connectivity index (χ3n) is 2.23. The van der Waals surface area contributed by atoms with Crippen LogP contribution in [0, 0.1) is 0 Å². The number of hydrogen-bond donors (Lipinski definition) is 0. The smallest absolute Gasteiger partial charge is 0.285 e. The van der Waals surface area contributed by atoms with E-state index in [-0.39, 0.29) is 11.7 Å². The average Bonchev–Trinajstić information content (AvgIpc) is 2.53. The molecule has 2 fully saturated rings. The quantitative estimate of drug-likeness (QED) is 0.509. The first-order valence-electron chi connectivity index (χ1n) is 4.36. The second-order valence-electron chi connectivity index (χ2n) is 3.20. The Morgan fingerprint density at radius 2 is 2.31 bits per heavy atom. The maximum atomic E-state index is 11.2. The van der Waals surface area contributed by atoms with E-state index >= 15 is 0 Å². The van der Waals surface area contributed by atoms with Crippen LogP contribution in [-0.4, -0.2) is 49.1 Å². The lowest BCUT2D eigenvalue weighted by Crippen LogP contribution is -2.50. The van der Waals surface area contributed by atoms with Crippen LogP contribution in [0.15, 0.2) is 0 Å². The van der Waals surface area contributed by atoms with Crippen molar-refractivity contribution in [2.24, 2.45) is 0 Å². The van der Waals surface area contributed by atoms with Gasteiger partial charge in [-0.1, -0.05) is 0 Å². The molecule has 71 valence electrons. The molecule has 2 aliphatic rings. The van der Waals surface area contributed by atoms with Crippen molar-refractivity contribution in [2.75, 3.05) is 26.2 Å². The van der Waals surface area contributed by atoms with Crippen molar-refractivity contribution in [3.05, 3.63) is 0 Å². The predicted molar refractivity (Wildman–Crippen MR) is 42.9 cm³/mol. The summed E-state index contributed by atoms with van der Waals surface area (Å²) < 4.78 is 5.25. The van der Waals surface area contributed by atoms with Crippen LogP contribution >= 0.6 is 0 Å². The van der Waals surface area contributed by atoms with E-state index in [4.69, 9.17) is 4.74 Å². The third-order valence-corrected chi connectivity index (χ3v) is 2.23. The highest BCUT2D eigenvalue weighted by molar-refractivity contribution is 5.85. The van der Waals surface area contributed by atoms with Crippen molar-refractivity contribution >= 4 is 11.7 Å². The number of carbonyl (C=O) groups is 2. The molecule has 2 aliphatic heterocycles. The molecule has 5 nitrogen and oxygen atoms in total. The number of likely N-dealkylation sites (tertiary alicyclic amines) is 1. The number of morpholine rings is 1. The van der Waals surface area contributed by atoms with Gasteiger partial charge < -0.3 is 4.74 Å². The SMILES string of the molecule is O=C1CCN(C2OCC[N]C2=O)C1. The fourth-order valence-electron chi connectivity index (χ4n) is 1.58. The zero-order valence-electron chi connectivity index (χ0n) is 7.23. The third kappa shape index (κ3) is 1.71. The summed E-state index contributed by atoms with van der Waals surface area (Å²) in [7, 11) is 0. The minimum Gasteiger partial charge on any atom is -0.352 e.